The largest absolute Gasteiger partial charge is 0.303 e. The van der Waals surface area contributed by atoms with Gasteiger partial charge in [-0.1, -0.05) is 32.9 Å². The number of hydrogen-bond donors (Lipinski definition) is 0. The molecule has 0 aromatic carbocycles. The maximum absolute atomic E-state index is 11.9. The van der Waals surface area contributed by atoms with Crippen LogP contribution in [0, 0.1) is 40.4 Å². The third-order valence-corrected chi connectivity index (χ3v) is 8.44. The van der Waals surface area contributed by atoms with Crippen molar-refractivity contribution >= 4 is 12.1 Å². The summed E-state index contributed by atoms with van der Waals surface area (Å²) in [5.41, 5.74) is 1.77. The summed E-state index contributed by atoms with van der Waals surface area (Å²) in [5, 5.41) is 0. The second kappa shape index (κ2) is 5.41. The van der Waals surface area contributed by atoms with Gasteiger partial charge in [-0.15, -0.1) is 0 Å². The number of rotatable bonds is 2. The quantitative estimate of drug-likeness (QED) is 0.687. The fraction of sp³-hybridized carbons (Fsp3) is 0.727. The van der Waals surface area contributed by atoms with E-state index in [0.717, 1.165) is 6.42 Å². The minimum atomic E-state index is 0.183. The van der Waals surface area contributed by atoms with Gasteiger partial charge in [0.2, 0.25) is 0 Å². The van der Waals surface area contributed by atoms with E-state index >= 15 is 0 Å². The van der Waals surface area contributed by atoms with Crippen LogP contribution in [0.2, 0.25) is 0 Å². The summed E-state index contributed by atoms with van der Waals surface area (Å²) in [7, 11) is 0. The first-order valence-corrected chi connectivity index (χ1v) is 9.78. The molecule has 2 saturated carbocycles. The molecule has 2 heteroatoms. The van der Waals surface area contributed by atoms with Crippen molar-refractivity contribution in [2.24, 2.45) is 40.4 Å². The Balaban J connectivity index is 1.70. The lowest BCUT2D eigenvalue weighted by molar-refractivity contribution is -0.116. The van der Waals surface area contributed by atoms with Gasteiger partial charge in [0.15, 0.2) is 5.78 Å². The van der Waals surface area contributed by atoms with Crippen LogP contribution >= 0.6 is 0 Å². The summed E-state index contributed by atoms with van der Waals surface area (Å²) in [6.45, 7) is 6.97. The summed E-state index contributed by atoms with van der Waals surface area (Å²) in [5.74, 6) is 3.03. The minimum absolute atomic E-state index is 0.183. The first-order chi connectivity index (χ1) is 11.4. The number of hydrogen-bond acceptors (Lipinski definition) is 2. The van der Waals surface area contributed by atoms with Crippen LogP contribution in [0.1, 0.15) is 59.3 Å². The van der Waals surface area contributed by atoms with Crippen molar-refractivity contribution in [2.75, 3.05) is 0 Å². The molecule has 7 atom stereocenters. The van der Waals surface area contributed by atoms with Crippen LogP contribution in [0.4, 0.5) is 0 Å². The number of aldehydes is 1. The van der Waals surface area contributed by atoms with Gasteiger partial charge in [-0.2, -0.15) is 0 Å². The molecule has 4 rings (SSSR count). The summed E-state index contributed by atoms with van der Waals surface area (Å²) in [4.78, 5) is 23.3. The van der Waals surface area contributed by atoms with Gasteiger partial charge in [-0.3, -0.25) is 4.79 Å². The Morgan fingerprint density at radius 2 is 1.96 bits per heavy atom. The second-order valence-corrected chi connectivity index (χ2v) is 9.36. The van der Waals surface area contributed by atoms with Crippen molar-refractivity contribution in [2.45, 2.75) is 59.3 Å². The number of carbonyl (C=O) groups excluding carboxylic acids is 2. The van der Waals surface area contributed by atoms with Crippen molar-refractivity contribution < 1.29 is 9.59 Å². The van der Waals surface area contributed by atoms with E-state index in [9.17, 15) is 9.59 Å². The second-order valence-electron chi connectivity index (χ2n) is 9.36. The zero-order valence-corrected chi connectivity index (χ0v) is 15.3. The molecule has 130 valence electrons. The standard InChI is InChI=1S/C22H30O2/c1-14(13-23)18-6-7-19-17-5-4-15-12-16(24)8-10-21(15,2)20(17)9-11-22(18,19)3/h4-5,12-14,17-20H,6-11H2,1-3H3/t14-,17?,18-,19?,20?,21-,22-/m1/s1. The Labute approximate surface area is 145 Å². The number of fused-ring (bicyclic) bond motifs is 5. The first kappa shape index (κ1) is 16.3. The van der Waals surface area contributed by atoms with E-state index in [1.807, 2.05) is 6.08 Å². The fourth-order valence-corrected chi connectivity index (χ4v) is 7.00. The Morgan fingerprint density at radius 3 is 2.71 bits per heavy atom. The minimum Gasteiger partial charge on any atom is -0.303 e. The van der Waals surface area contributed by atoms with Gasteiger partial charge in [0.1, 0.15) is 6.29 Å². The van der Waals surface area contributed by atoms with Crippen LogP contribution in [0.5, 0.6) is 0 Å². The van der Waals surface area contributed by atoms with E-state index < -0.39 is 0 Å². The average molecular weight is 326 g/mol. The Kier molecular flexibility index (Phi) is 3.67. The summed E-state index contributed by atoms with van der Waals surface area (Å²) in [6, 6.07) is 0. The molecule has 0 aromatic rings. The molecule has 0 heterocycles. The third kappa shape index (κ3) is 2.07. The van der Waals surface area contributed by atoms with Gasteiger partial charge in [0, 0.05) is 12.3 Å². The van der Waals surface area contributed by atoms with Crippen molar-refractivity contribution in [3.8, 4) is 0 Å². The van der Waals surface area contributed by atoms with Crippen LogP contribution < -0.4 is 0 Å². The van der Waals surface area contributed by atoms with Crippen LogP contribution in [-0.2, 0) is 9.59 Å². The molecule has 0 N–H and O–H groups in total. The molecule has 0 aliphatic heterocycles. The molecule has 2 fully saturated rings. The van der Waals surface area contributed by atoms with Gasteiger partial charge >= 0.3 is 0 Å². The zero-order chi connectivity index (χ0) is 17.1. The number of carbonyl (C=O) groups is 2. The highest BCUT2D eigenvalue weighted by atomic mass is 16.1. The van der Waals surface area contributed by atoms with Crippen LogP contribution in [-0.4, -0.2) is 12.1 Å². The van der Waals surface area contributed by atoms with Crippen molar-refractivity contribution in [3.05, 3.63) is 23.8 Å². The van der Waals surface area contributed by atoms with Gasteiger partial charge in [-0.25, -0.2) is 0 Å². The van der Waals surface area contributed by atoms with Gasteiger partial charge in [0.05, 0.1) is 0 Å². The molecule has 0 amide bonds. The van der Waals surface area contributed by atoms with E-state index in [-0.39, 0.29) is 11.3 Å². The summed E-state index contributed by atoms with van der Waals surface area (Å²) < 4.78 is 0. The summed E-state index contributed by atoms with van der Waals surface area (Å²) >= 11 is 0. The number of allylic oxidation sites excluding steroid dienone is 4. The third-order valence-electron chi connectivity index (χ3n) is 8.44. The molecule has 0 radical (unpaired) electrons. The highest BCUT2D eigenvalue weighted by Gasteiger charge is 2.58. The summed E-state index contributed by atoms with van der Waals surface area (Å²) in [6.07, 6.45) is 14.5. The van der Waals surface area contributed by atoms with Crippen LogP contribution in [0.25, 0.3) is 0 Å². The molecule has 0 aromatic heterocycles. The molecule has 24 heavy (non-hydrogen) atoms. The van der Waals surface area contributed by atoms with Crippen LogP contribution in [0.3, 0.4) is 0 Å². The average Bonchev–Trinajstić information content (AvgIpc) is 2.92. The zero-order valence-electron chi connectivity index (χ0n) is 15.3. The Bertz CT molecular complexity index is 630. The lowest BCUT2D eigenvalue weighted by Crippen LogP contribution is -2.49. The molecule has 0 spiro atoms. The molecule has 2 nitrogen and oxygen atoms in total. The van der Waals surface area contributed by atoms with E-state index in [4.69, 9.17) is 0 Å². The van der Waals surface area contributed by atoms with Crippen LogP contribution in [0.15, 0.2) is 23.8 Å². The molecule has 3 unspecified atom stereocenters. The smallest absolute Gasteiger partial charge is 0.156 e. The normalized spacial score (nSPS) is 48.1. The predicted octanol–water partition coefficient (Wildman–Crippen LogP) is 4.75. The highest BCUT2D eigenvalue weighted by Crippen LogP contribution is 2.65. The lowest BCUT2D eigenvalue weighted by Gasteiger charge is -2.56. The van der Waals surface area contributed by atoms with Crippen molar-refractivity contribution in [1.29, 1.82) is 0 Å². The molecule has 4 aliphatic rings. The topological polar surface area (TPSA) is 34.1 Å². The number of ketones is 1. The fourth-order valence-electron chi connectivity index (χ4n) is 7.00. The maximum Gasteiger partial charge on any atom is 0.156 e. The monoisotopic (exact) mass is 326 g/mol. The molecular weight excluding hydrogens is 296 g/mol. The van der Waals surface area contributed by atoms with E-state index in [2.05, 4.69) is 32.9 Å². The van der Waals surface area contributed by atoms with Gasteiger partial charge in [-0.05, 0) is 78.3 Å². The van der Waals surface area contributed by atoms with E-state index in [1.165, 1.54) is 37.5 Å². The lowest BCUT2D eigenvalue weighted by atomic mass is 9.48. The SMILES string of the molecule is C[C@H](C=O)[C@H]1CCC2C3C=CC4=CC(=O)CC[C@@]4(C)C3CC[C@@]21C. The maximum atomic E-state index is 11.9. The van der Waals surface area contributed by atoms with Gasteiger partial charge in [0.25, 0.3) is 0 Å². The van der Waals surface area contributed by atoms with E-state index in [0.29, 0.717) is 41.3 Å². The first-order valence-electron chi connectivity index (χ1n) is 9.78. The molecule has 0 bridgehead atoms. The predicted molar refractivity (Wildman–Crippen MR) is 95.3 cm³/mol. The molecular formula is C22H30O2. The Morgan fingerprint density at radius 1 is 1.17 bits per heavy atom. The van der Waals surface area contributed by atoms with E-state index in [1.54, 1.807) is 0 Å². The Hall–Kier alpha value is -1.18. The van der Waals surface area contributed by atoms with Crippen molar-refractivity contribution in [3.63, 3.8) is 0 Å². The van der Waals surface area contributed by atoms with Gasteiger partial charge < -0.3 is 4.79 Å². The molecule has 4 aliphatic carbocycles. The molecule has 0 saturated heterocycles. The van der Waals surface area contributed by atoms with Crippen molar-refractivity contribution in [1.82, 2.24) is 0 Å². The highest BCUT2D eigenvalue weighted by molar-refractivity contribution is 5.92.